The van der Waals surface area contributed by atoms with Crippen molar-refractivity contribution in [2.45, 2.75) is 19.9 Å². The van der Waals surface area contributed by atoms with Crippen LogP contribution in [0.2, 0.25) is 5.15 Å². The van der Waals surface area contributed by atoms with Gasteiger partial charge in [0, 0.05) is 0 Å². The van der Waals surface area contributed by atoms with E-state index in [-0.39, 0.29) is 22.8 Å². The predicted octanol–water partition coefficient (Wildman–Crippen LogP) is 3.02. The molecular weight excluding hydrogens is 290 g/mol. The molecule has 2 rings (SSSR count). The van der Waals surface area contributed by atoms with Crippen molar-refractivity contribution in [2.24, 2.45) is 0 Å². The van der Waals surface area contributed by atoms with Crippen LogP contribution < -0.4 is 10.1 Å². The van der Waals surface area contributed by atoms with Gasteiger partial charge in [-0.2, -0.15) is 0 Å². The molecule has 0 bridgehead atoms. The van der Waals surface area contributed by atoms with Gasteiger partial charge in [-0.25, -0.2) is 9.97 Å². The molecule has 0 spiro atoms. The van der Waals surface area contributed by atoms with Crippen molar-refractivity contribution in [3.63, 3.8) is 0 Å². The number of benzene rings is 1. The summed E-state index contributed by atoms with van der Waals surface area (Å²) in [6, 6.07) is 7.45. The highest BCUT2D eigenvalue weighted by Crippen LogP contribution is 2.18. The number of halogens is 1. The Hall–Kier alpha value is -2.14. The molecule has 0 saturated heterocycles. The molecule has 110 valence electrons. The van der Waals surface area contributed by atoms with Crippen molar-refractivity contribution in [2.75, 3.05) is 6.61 Å². The van der Waals surface area contributed by atoms with Crippen LogP contribution in [0.25, 0.3) is 0 Å². The Morgan fingerprint density at radius 3 is 2.57 bits per heavy atom. The van der Waals surface area contributed by atoms with E-state index in [1.165, 1.54) is 12.4 Å². The molecule has 0 aliphatic rings. The normalized spacial score (nSPS) is 11.8. The molecule has 1 aromatic heterocycles. The number of amides is 1. The zero-order valence-corrected chi connectivity index (χ0v) is 12.6. The lowest BCUT2D eigenvalue weighted by Crippen LogP contribution is -2.27. The highest BCUT2D eigenvalue weighted by molar-refractivity contribution is 6.29. The highest BCUT2D eigenvalue weighted by atomic mass is 35.5. The molecule has 0 fully saturated rings. The Balaban J connectivity index is 2.01. The van der Waals surface area contributed by atoms with Crippen LogP contribution in [0.4, 0.5) is 0 Å². The first-order valence-corrected chi connectivity index (χ1v) is 6.99. The van der Waals surface area contributed by atoms with E-state index in [2.05, 4.69) is 15.3 Å². The third-order valence-corrected chi connectivity index (χ3v) is 3.09. The molecule has 0 aliphatic heterocycles. The standard InChI is InChI=1S/C15H16ClN3O2/c1-3-21-12-6-4-11(5-7-12)10(2)19-15(20)13-8-18-14(16)9-17-13/h4-10H,3H2,1-2H3,(H,19,20). The maximum absolute atomic E-state index is 12.0. The molecule has 1 amide bonds. The fourth-order valence-electron chi connectivity index (χ4n) is 1.80. The van der Waals surface area contributed by atoms with E-state index in [1.807, 2.05) is 38.1 Å². The van der Waals surface area contributed by atoms with Crippen LogP contribution in [0.3, 0.4) is 0 Å². The predicted molar refractivity (Wildman–Crippen MR) is 80.5 cm³/mol. The molecule has 0 saturated carbocycles. The molecular formula is C15H16ClN3O2. The molecule has 6 heteroatoms. The van der Waals surface area contributed by atoms with Gasteiger partial charge in [-0.05, 0) is 31.5 Å². The zero-order chi connectivity index (χ0) is 15.2. The number of nitrogens with one attached hydrogen (secondary N) is 1. The lowest BCUT2D eigenvalue weighted by atomic mass is 10.1. The van der Waals surface area contributed by atoms with Gasteiger partial charge in [0.05, 0.1) is 25.0 Å². The molecule has 1 N–H and O–H groups in total. The first kappa shape index (κ1) is 15.3. The van der Waals surface area contributed by atoms with Crippen LogP contribution in [-0.2, 0) is 0 Å². The number of rotatable bonds is 5. The third-order valence-electron chi connectivity index (χ3n) is 2.89. The summed E-state index contributed by atoms with van der Waals surface area (Å²) in [6.07, 6.45) is 2.70. The smallest absolute Gasteiger partial charge is 0.271 e. The van der Waals surface area contributed by atoms with Gasteiger partial charge in [0.15, 0.2) is 0 Å². The molecule has 1 unspecified atom stereocenters. The summed E-state index contributed by atoms with van der Waals surface area (Å²) in [6.45, 7) is 4.46. The molecule has 2 aromatic rings. The first-order valence-electron chi connectivity index (χ1n) is 6.61. The maximum atomic E-state index is 12.0. The maximum Gasteiger partial charge on any atom is 0.271 e. The number of nitrogens with zero attached hydrogens (tertiary/aromatic N) is 2. The van der Waals surface area contributed by atoms with E-state index in [0.29, 0.717) is 6.61 Å². The minimum atomic E-state index is -0.291. The lowest BCUT2D eigenvalue weighted by Gasteiger charge is -2.14. The van der Waals surface area contributed by atoms with Crippen molar-refractivity contribution < 1.29 is 9.53 Å². The Bertz CT molecular complexity index is 599. The van der Waals surface area contributed by atoms with Gasteiger partial charge in [-0.1, -0.05) is 23.7 Å². The molecule has 0 aliphatic carbocycles. The van der Waals surface area contributed by atoms with Crippen molar-refractivity contribution in [1.82, 2.24) is 15.3 Å². The topological polar surface area (TPSA) is 64.1 Å². The lowest BCUT2D eigenvalue weighted by molar-refractivity contribution is 0.0934. The van der Waals surface area contributed by atoms with E-state index >= 15 is 0 Å². The minimum absolute atomic E-state index is 0.148. The molecule has 1 heterocycles. The van der Waals surface area contributed by atoms with E-state index in [4.69, 9.17) is 16.3 Å². The SMILES string of the molecule is CCOc1ccc(C(C)NC(=O)c2cnc(Cl)cn2)cc1. The van der Waals surface area contributed by atoms with Crippen LogP contribution in [0.15, 0.2) is 36.7 Å². The molecule has 1 atom stereocenters. The molecule has 0 radical (unpaired) electrons. The number of ether oxygens (including phenoxy) is 1. The minimum Gasteiger partial charge on any atom is -0.494 e. The number of carbonyl (C=O) groups excluding carboxylic acids is 1. The number of aromatic nitrogens is 2. The summed E-state index contributed by atoms with van der Waals surface area (Å²) in [4.78, 5) is 19.8. The fraction of sp³-hybridized carbons (Fsp3) is 0.267. The molecule has 1 aromatic carbocycles. The monoisotopic (exact) mass is 305 g/mol. The van der Waals surface area contributed by atoms with Crippen molar-refractivity contribution in [3.8, 4) is 5.75 Å². The molecule has 5 nitrogen and oxygen atoms in total. The first-order chi connectivity index (χ1) is 10.1. The van der Waals surface area contributed by atoms with Crippen molar-refractivity contribution in [1.29, 1.82) is 0 Å². The third kappa shape index (κ3) is 4.16. The quantitative estimate of drug-likeness (QED) is 0.922. The highest BCUT2D eigenvalue weighted by Gasteiger charge is 2.13. The average Bonchev–Trinajstić information content (AvgIpc) is 2.49. The second kappa shape index (κ2) is 7.04. The number of carbonyl (C=O) groups is 1. The summed E-state index contributed by atoms with van der Waals surface area (Å²) < 4.78 is 5.38. The van der Waals surface area contributed by atoms with E-state index in [1.54, 1.807) is 0 Å². The summed E-state index contributed by atoms with van der Waals surface area (Å²) in [7, 11) is 0. The van der Waals surface area contributed by atoms with Crippen LogP contribution in [0, 0.1) is 0 Å². The van der Waals surface area contributed by atoms with Gasteiger partial charge >= 0.3 is 0 Å². The van der Waals surface area contributed by atoms with Crippen molar-refractivity contribution in [3.05, 3.63) is 53.1 Å². The van der Waals surface area contributed by atoms with Gasteiger partial charge in [-0.15, -0.1) is 0 Å². The number of hydrogen-bond donors (Lipinski definition) is 1. The van der Waals surface area contributed by atoms with Gasteiger partial charge in [-0.3, -0.25) is 4.79 Å². The average molecular weight is 306 g/mol. The van der Waals surface area contributed by atoms with Gasteiger partial charge in [0.2, 0.25) is 0 Å². The van der Waals surface area contributed by atoms with Gasteiger partial charge in [0.25, 0.3) is 5.91 Å². The summed E-state index contributed by atoms with van der Waals surface area (Å²) in [5.74, 6) is 0.517. The van der Waals surface area contributed by atoms with Gasteiger partial charge < -0.3 is 10.1 Å². The van der Waals surface area contributed by atoms with E-state index in [9.17, 15) is 4.79 Å². The fourth-order valence-corrected chi connectivity index (χ4v) is 1.90. The van der Waals surface area contributed by atoms with Crippen molar-refractivity contribution >= 4 is 17.5 Å². The summed E-state index contributed by atoms with van der Waals surface area (Å²) in [5, 5.41) is 3.11. The second-order valence-electron chi connectivity index (χ2n) is 4.42. The van der Waals surface area contributed by atoms with Crippen LogP contribution >= 0.6 is 11.6 Å². The Kier molecular flexibility index (Phi) is 5.11. The Morgan fingerprint density at radius 2 is 2.00 bits per heavy atom. The Morgan fingerprint density at radius 1 is 1.29 bits per heavy atom. The number of hydrogen-bond acceptors (Lipinski definition) is 4. The van der Waals surface area contributed by atoms with Crippen LogP contribution in [0.5, 0.6) is 5.75 Å². The largest absolute Gasteiger partial charge is 0.494 e. The summed E-state index contributed by atoms with van der Waals surface area (Å²) in [5.41, 5.74) is 1.21. The summed E-state index contributed by atoms with van der Waals surface area (Å²) >= 11 is 5.64. The molecule has 21 heavy (non-hydrogen) atoms. The Labute approximate surface area is 128 Å². The zero-order valence-electron chi connectivity index (χ0n) is 11.8. The second-order valence-corrected chi connectivity index (χ2v) is 4.81. The van der Waals surface area contributed by atoms with Crippen LogP contribution in [0.1, 0.15) is 35.9 Å². The van der Waals surface area contributed by atoms with E-state index < -0.39 is 0 Å². The van der Waals surface area contributed by atoms with Gasteiger partial charge in [0.1, 0.15) is 16.6 Å². The van der Waals surface area contributed by atoms with E-state index in [0.717, 1.165) is 11.3 Å². The van der Waals surface area contributed by atoms with Crippen LogP contribution in [-0.4, -0.2) is 22.5 Å².